The number of benzene rings is 1. The fourth-order valence-corrected chi connectivity index (χ4v) is 2.55. The second-order valence-corrected chi connectivity index (χ2v) is 5.89. The summed E-state index contributed by atoms with van der Waals surface area (Å²) in [6.07, 6.45) is 4.80. The van der Waals surface area contributed by atoms with Gasteiger partial charge in [0.1, 0.15) is 0 Å². The first-order chi connectivity index (χ1) is 11.1. The number of carbonyl (C=O) groups excluding carboxylic acids is 3. The van der Waals surface area contributed by atoms with Gasteiger partial charge in [-0.25, -0.2) is 0 Å². The SMILES string of the molecule is O=C(COC(=O)C1CCCCC1)NNC(=O)c1ccc(Cl)cc1. The van der Waals surface area contributed by atoms with Crippen molar-refractivity contribution in [2.24, 2.45) is 5.92 Å². The molecule has 7 heteroatoms. The number of esters is 1. The van der Waals surface area contributed by atoms with Crippen LogP contribution in [0.3, 0.4) is 0 Å². The van der Waals surface area contributed by atoms with Gasteiger partial charge in [-0.1, -0.05) is 30.9 Å². The highest BCUT2D eigenvalue weighted by atomic mass is 35.5. The van der Waals surface area contributed by atoms with Crippen molar-refractivity contribution in [2.45, 2.75) is 32.1 Å². The zero-order valence-corrected chi connectivity index (χ0v) is 13.4. The van der Waals surface area contributed by atoms with Gasteiger partial charge in [0.25, 0.3) is 11.8 Å². The number of amides is 2. The summed E-state index contributed by atoms with van der Waals surface area (Å²) in [7, 11) is 0. The summed E-state index contributed by atoms with van der Waals surface area (Å²) < 4.78 is 4.98. The van der Waals surface area contributed by atoms with E-state index >= 15 is 0 Å². The van der Waals surface area contributed by atoms with Gasteiger partial charge in [-0.3, -0.25) is 25.2 Å². The molecule has 1 aromatic carbocycles. The van der Waals surface area contributed by atoms with Crippen molar-refractivity contribution < 1.29 is 19.1 Å². The highest BCUT2D eigenvalue weighted by Crippen LogP contribution is 2.24. The van der Waals surface area contributed by atoms with Crippen molar-refractivity contribution in [3.63, 3.8) is 0 Å². The molecule has 0 bridgehead atoms. The van der Waals surface area contributed by atoms with Crippen LogP contribution in [0.25, 0.3) is 0 Å². The summed E-state index contributed by atoms with van der Waals surface area (Å²) >= 11 is 5.73. The molecule has 1 aliphatic rings. The maximum atomic E-state index is 11.8. The normalized spacial score (nSPS) is 14.8. The number of hydrazine groups is 1. The Morgan fingerprint density at radius 1 is 1.04 bits per heavy atom. The first-order valence-electron chi connectivity index (χ1n) is 7.57. The van der Waals surface area contributed by atoms with Gasteiger partial charge in [-0.15, -0.1) is 0 Å². The lowest BCUT2D eigenvalue weighted by Gasteiger charge is -2.19. The lowest BCUT2D eigenvalue weighted by atomic mass is 9.89. The molecule has 0 atom stereocenters. The first-order valence-corrected chi connectivity index (χ1v) is 7.95. The third-order valence-electron chi connectivity index (χ3n) is 3.71. The molecule has 0 saturated heterocycles. The summed E-state index contributed by atoms with van der Waals surface area (Å²) in [4.78, 5) is 35.2. The Kier molecular flexibility index (Phi) is 6.40. The number of hydrogen-bond donors (Lipinski definition) is 2. The second-order valence-electron chi connectivity index (χ2n) is 5.45. The van der Waals surface area contributed by atoms with Crippen molar-refractivity contribution in [1.29, 1.82) is 0 Å². The van der Waals surface area contributed by atoms with E-state index in [4.69, 9.17) is 16.3 Å². The average Bonchev–Trinajstić information content (AvgIpc) is 2.59. The molecule has 0 unspecified atom stereocenters. The number of halogens is 1. The van der Waals surface area contributed by atoms with E-state index in [1.807, 2.05) is 0 Å². The minimum Gasteiger partial charge on any atom is -0.455 e. The lowest BCUT2D eigenvalue weighted by Crippen LogP contribution is -2.43. The molecule has 0 spiro atoms. The highest BCUT2D eigenvalue weighted by molar-refractivity contribution is 6.30. The molecule has 1 fully saturated rings. The van der Waals surface area contributed by atoms with Crippen LogP contribution in [0.4, 0.5) is 0 Å². The van der Waals surface area contributed by atoms with Gasteiger partial charge in [0.05, 0.1) is 5.92 Å². The van der Waals surface area contributed by atoms with Crippen LogP contribution in [0.15, 0.2) is 24.3 Å². The van der Waals surface area contributed by atoms with Crippen molar-refractivity contribution in [2.75, 3.05) is 6.61 Å². The van der Waals surface area contributed by atoms with Crippen LogP contribution < -0.4 is 10.9 Å². The molecule has 1 aliphatic carbocycles. The van der Waals surface area contributed by atoms with E-state index in [0.717, 1.165) is 32.1 Å². The molecule has 2 amide bonds. The van der Waals surface area contributed by atoms with E-state index in [-0.39, 0.29) is 11.9 Å². The summed E-state index contributed by atoms with van der Waals surface area (Å²) in [6.45, 7) is -0.407. The number of ether oxygens (including phenoxy) is 1. The molecule has 23 heavy (non-hydrogen) atoms. The molecule has 1 aromatic rings. The molecular weight excluding hydrogens is 320 g/mol. The maximum Gasteiger partial charge on any atom is 0.309 e. The summed E-state index contributed by atoms with van der Waals surface area (Å²) in [5.41, 5.74) is 4.81. The number of carbonyl (C=O) groups is 3. The van der Waals surface area contributed by atoms with E-state index < -0.39 is 18.4 Å². The third-order valence-corrected chi connectivity index (χ3v) is 3.96. The van der Waals surface area contributed by atoms with Gasteiger partial charge in [0.2, 0.25) is 0 Å². The van der Waals surface area contributed by atoms with Gasteiger partial charge in [-0.05, 0) is 37.1 Å². The molecule has 0 aromatic heterocycles. The molecule has 124 valence electrons. The predicted molar refractivity (Wildman–Crippen MR) is 84.6 cm³/mol. The van der Waals surface area contributed by atoms with Crippen LogP contribution in [0.2, 0.25) is 5.02 Å². The van der Waals surface area contributed by atoms with Gasteiger partial charge >= 0.3 is 5.97 Å². The van der Waals surface area contributed by atoms with E-state index in [2.05, 4.69) is 10.9 Å². The first kappa shape index (κ1) is 17.3. The van der Waals surface area contributed by atoms with Crippen molar-refractivity contribution in [1.82, 2.24) is 10.9 Å². The Labute approximate surface area is 139 Å². The zero-order chi connectivity index (χ0) is 16.7. The van der Waals surface area contributed by atoms with Crippen LogP contribution in [-0.4, -0.2) is 24.4 Å². The Balaban J connectivity index is 1.69. The summed E-state index contributed by atoms with van der Waals surface area (Å²) in [5.74, 6) is -1.52. The molecule has 2 rings (SSSR count). The van der Waals surface area contributed by atoms with Crippen LogP contribution in [0, 0.1) is 5.92 Å². The topological polar surface area (TPSA) is 84.5 Å². The second kappa shape index (κ2) is 8.53. The number of rotatable bonds is 4. The minimum atomic E-state index is -0.587. The predicted octanol–water partition coefficient (Wildman–Crippen LogP) is 2.22. The van der Waals surface area contributed by atoms with Crippen LogP contribution >= 0.6 is 11.6 Å². The van der Waals surface area contributed by atoms with Crippen LogP contribution in [-0.2, 0) is 14.3 Å². The fraction of sp³-hybridized carbons (Fsp3) is 0.438. The molecule has 0 heterocycles. The molecule has 0 aliphatic heterocycles. The standard InChI is InChI=1S/C16H19ClN2O4/c17-13-8-6-11(7-9-13)15(21)19-18-14(20)10-23-16(22)12-4-2-1-3-5-12/h6-9,12H,1-5,10H2,(H,18,20)(H,19,21). The Morgan fingerprint density at radius 2 is 1.70 bits per heavy atom. The van der Waals surface area contributed by atoms with Gasteiger partial charge < -0.3 is 4.74 Å². The zero-order valence-electron chi connectivity index (χ0n) is 12.6. The smallest absolute Gasteiger partial charge is 0.309 e. The molecule has 0 radical (unpaired) electrons. The van der Waals surface area contributed by atoms with Crippen molar-refractivity contribution in [3.8, 4) is 0 Å². The van der Waals surface area contributed by atoms with Crippen molar-refractivity contribution >= 4 is 29.4 Å². The van der Waals surface area contributed by atoms with Crippen LogP contribution in [0.1, 0.15) is 42.5 Å². The molecule has 6 nitrogen and oxygen atoms in total. The highest BCUT2D eigenvalue weighted by Gasteiger charge is 2.23. The minimum absolute atomic E-state index is 0.111. The lowest BCUT2D eigenvalue weighted by molar-refractivity contribution is -0.153. The molecule has 2 N–H and O–H groups in total. The summed E-state index contributed by atoms with van der Waals surface area (Å²) in [6, 6.07) is 6.22. The number of hydrogen-bond acceptors (Lipinski definition) is 4. The van der Waals surface area contributed by atoms with Crippen LogP contribution in [0.5, 0.6) is 0 Å². The molecular formula is C16H19ClN2O4. The third kappa shape index (κ3) is 5.56. The van der Waals surface area contributed by atoms with Gasteiger partial charge in [0, 0.05) is 10.6 Å². The monoisotopic (exact) mass is 338 g/mol. The summed E-state index contributed by atoms with van der Waals surface area (Å²) in [5, 5.41) is 0.514. The van der Waals surface area contributed by atoms with Gasteiger partial charge in [-0.2, -0.15) is 0 Å². The maximum absolute atomic E-state index is 11.8. The van der Waals surface area contributed by atoms with E-state index in [1.165, 1.54) is 12.1 Å². The Bertz CT molecular complexity index is 568. The van der Waals surface area contributed by atoms with E-state index in [1.54, 1.807) is 12.1 Å². The Hall–Kier alpha value is -2.08. The van der Waals surface area contributed by atoms with E-state index in [0.29, 0.717) is 10.6 Å². The largest absolute Gasteiger partial charge is 0.455 e. The fourth-order valence-electron chi connectivity index (χ4n) is 2.43. The van der Waals surface area contributed by atoms with E-state index in [9.17, 15) is 14.4 Å². The quantitative estimate of drug-likeness (QED) is 0.651. The van der Waals surface area contributed by atoms with Crippen molar-refractivity contribution in [3.05, 3.63) is 34.9 Å². The molecule has 1 saturated carbocycles. The number of nitrogens with one attached hydrogen (secondary N) is 2. The van der Waals surface area contributed by atoms with Gasteiger partial charge in [0.15, 0.2) is 6.61 Å². The average molecular weight is 339 g/mol. The Morgan fingerprint density at radius 3 is 2.35 bits per heavy atom.